The molecule has 2 N–H and O–H groups in total. The maximum atomic E-state index is 12.3. The van der Waals surface area contributed by atoms with Crippen LogP contribution in [0, 0.1) is 6.92 Å². The Balaban J connectivity index is 1.63. The number of aromatic amines is 1. The summed E-state index contributed by atoms with van der Waals surface area (Å²) in [7, 11) is 1.50. The van der Waals surface area contributed by atoms with Gasteiger partial charge in [-0.25, -0.2) is 9.67 Å². The first kappa shape index (κ1) is 16.2. The number of aryl methyl sites for hydroxylation is 2. The topological polar surface area (TPSA) is 92.7 Å². The summed E-state index contributed by atoms with van der Waals surface area (Å²) in [6.07, 6.45) is 0. The summed E-state index contributed by atoms with van der Waals surface area (Å²) >= 11 is 1.34. The second-order valence-corrected chi connectivity index (χ2v) is 6.70. The zero-order chi connectivity index (χ0) is 18.3. The molecule has 0 fully saturated rings. The molecular weight excluding hydrogens is 350 g/mol. The lowest BCUT2D eigenvalue weighted by Gasteiger charge is -2.02. The van der Waals surface area contributed by atoms with Crippen LogP contribution in [0.15, 0.2) is 46.6 Å². The molecule has 0 radical (unpaired) electrons. The summed E-state index contributed by atoms with van der Waals surface area (Å²) < 4.78 is 1.12. The fourth-order valence-electron chi connectivity index (χ4n) is 2.84. The zero-order valence-electron chi connectivity index (χ0n) is 14.1. The minimum atomic E-state index is -0.405. The number of para-hydroxylation sites is 1. The average molecular weight is 365 g/mol. The molecule has 3 aromatic heterocycles. The van der Waals surface area contributed by atoms with Gasteiger partial charge in [0, 0.05) is 40.7 Å². The van der Waals surface area contributed by atoms with Crippen molar-refractivity contribution >= 4 is 33.3 Å². The van der Waals surface area contributed by atoms with Crippen LogP contribution in [0.5, 0.6) is 0 Å². The van der Waals surface area contributed by atoms with Gasteiger partial charge in [-0.05, 0) is 19.1 Å². The van der Waals surface area contributed by atoms with Crippen molar-refractivity contribution in [1.82, 2.24) is 19.7 Å². The fourth-order valence-corrected chi connectivity index (χ4v) is 3.53. The molecule has 0 unspecified atom stereocenters. The highest BCUT2D eigenvalue weighted by molar-refractivity contribution is 7.14. The molecule has 0 atom stereocenters. The van der Waals surface area contributed by atoms with Crippen LogP contribution < -0.4 is 10.9 Å². The summed E-state index contributed by atoms with van der Waals surface area (Å²) in [6, 6.07) is 10.7. The molecule has 4 aromatic rings. The molecule has 0 aliphatic rings. The van der Waals surface area contributed by atoms with Crippen molar-refractivity contribution in [1.29, 1.82) is 0 Å². The van der Waals surface area contributed by atoms with E-state index in [-0.39, 0.29) is 11.3 Å². The predicted octanol–water partition coefficient (Wildman–Crippen LogP) is 2.95. The van der Waals surface area contributed by atoms with E-state index in [1.807, 2.05) is 36.6 Å². The molecule has 0 bridgehead atoms. The number of nitrogens with one attached hydrogen (secondary N) is 2. The first-order chi connectivity index (χ1) is 12.5. The van der Waals surface area contributed by atoms with Crippen LogP contribution in [-0.4, -0.2) is 25.7 Å². The first-order valence-corrected chi connectivity index (χ1v) is 8.80. The van der Waals surface area contributed by atoms with Crippen molar-refractivity contribution in [3.63, 3.8) is 0 Å². The van der Waals surface area contributed by atoms with Gasteiger partial charge in [0.15, 0.2) is 5.13 Å². The van der Waals surface area contributed by atoms with Crippen LogP contribution in [0.1, 0.15) is 16.2 Å². The summed E-state index contributed by atoms with van der Waals surface area (Å²) in [5.74, 6) is -0.405. The molecular formula is C18H15N5O2S. The van der Waals surface area contributed by atoms with E-state index in [1.54, 1.807) is 0 Å². The molecule has 8 heteroatoms. The Morgan fingerprint density at radius 1 is 1.23 bits per heavy atom. The van der Waals surface area contributed by atoms with E-state index in [0.29, 0.717) is 5.13 Å². The predicted molar refractivity (Wildman–Crippen MR) is 102 cm³/mol. The minimum absolute atomic E-state index is 0.159. The Bertz CT molecular complexity index is 1190. The van der Waals surface area contributed by atoms with Crippen LogP contribution in [0.2, 0.25) is 0 Å². The highest BCUT2D eigenvalue weighted by Gasteiger charge is 2.15. The molecule has 0 aliphatic carbocycles. The number of benzene rings is 1. The Morgan fingerprint density at radius 2 is 2.04 bits per heavy atom. The molecule has 1 aromatic carbocycles. The second-order valence-electron chi connectivity index (χ2n) is 5.84. The van der Waals surface area contributed by atoms with Gasteiger partial charge in [0.2, 0.25) is 0 Å². The normalized spacial score (nSPS) is 11.0. The van der Waals surface area contributed by atoms with Crippen molar-refractivity contribution in [3.8, 4) is 11.3 Å². The molecule has 0 spiro atoms. The quantitative estimate of drug-likeness (QED) is 0.584. The van der Waals surface area contributed by atoms with Gasteiger partial charge < -0.3 is 4.98 Å². The lowest BCUT2D eigenvalue weighted by Crippen LogP contribution is -2.23. The maximum absolute atomic E-state index is 12.3. The molecule has 3 heterocycles. The van der Waals surface area contributed by atoms with Gasteiger partial charge in [0.05, 0.1) is 5.69 Å². The van der Waals surface area contributed by atoms with E-state index < -0.39 is 5.91 Å². The number of thiazole rings is 1. The highest BCUT2D eigenvalue weighted by Crippen LogP contribution is 2.33. The monoisotopic (exact) mass is 365 g/mol. The maximum Gasteiger partial charge on any atom is 0.277 e. The van der Waals surface area contributed by atoms with Crippen LogP contribution in [-0.2, 0) is 7.05 Å². The summed E-state index contributed by atoms with van der Waals surface area (Å²) in [4.78, 5) is 31.6. The van der Waals surface area contributed by atoms with Crippen LogP contribution in [0.25, 0.3) is 22.2 Å². The molecule has 1 amide bonds. The molecule has 7 nitrogen and oxygen atoms in total. The van der Waals surface area contributed by atoms with Crippen molar-refractivity contribution in [3.05, 3.63) is 63.5 Å². The standard InChI is InChI=1S/C18H15N5O2S/c1-10-16(11-5-3-4-6-12(11)19-10)14-9-26-18(20-14)21-17(25)13-7-8-15(24)23(2)22-13/h3-9,19H,1-2H3,(H,20,21,25). The van der Waals surface area contributed by atoms with Crippen molar-refractivity contribution in [2.24, 2.45) is 7.05 Å². The van der Waals surface area contributed by atoms with Crippen molar-refractivity contribution < 1.29 is 4.79 Å². The number of H-pyrrole nitrogens is 1. The molecule has 0 aliphatic heterocycles. The van der Waals surface area contributed by atoms with Gasteiger partial charge in [0.1, 0.15) is 5.69 Å². The Kier molecular flexibility index (Phi) is 3.89. The average Bonchev–Trinajstić information content (AvgIpc) is 3.20. The Hall–Kier alpha value is -3.26. The number of nitrogens with zero attached hydrogens (tertiary/aromatic N) is 3. The van der Waals surface area contributed by atoms with E-state index in [9.17, 15) is 9.59 Å². The number of amides is 1. The third-order valence-corrected chi connectivity index (χ3v) is 4.83. The lowest BCUT2D eigenvalue weighted by molar-refractivity contribution is 0.102. The van der Waals surface area contributed by atoms with E-state index in [4.69, 9.17) is 0 Å². The number of hydrogen-bond donors (Lipinski definition) is 2. The third-order valence-electron chi connectivity index (χ3n) is 4.07. The van der Waals surface area contributed by atoms with Crippen LogP contribution in [0.3, 0.4) is 0 Å². The molecule has 0 saturated carbocycles. The lowest BCUT2D eigenvalue weighted by atomic mass is 10.1. The summed E-state index contributed by atoms with van der Waals surface area (Å²) in [5, 5.41) is 10.2. The highest BCUT2D eigenvalue weighted by atomic mass is 32.1. The van der Waals surface area contributed by atoms with Gasteiger partial charge >= 0.3 is 0 Å². The minimum Gasteiger partial charge on any atom is -0.358 e. The first-order valence-electron chi connectivity index (χ1n) is 7.92. The van der Waals surface area contributed by atoms with Crippen molar-refractivity contribution in [2.75, 3.05) is 5.32 Å². The van der Waals surface area contributed by atoms with Gasteiger partial charge in [0.25, 0.3) is 11.5 Å². The van der Waals surface area contributed by atoms with Gasteiger partial charge in [-0.2, -0.15) is 5.10 Å². The summed E-state index contributed by atoms with van der Waals surface area (Å²) in [5.41, 5.74) is 3.79. The zero-order valence-corrected chi connectivity index (χ0v) is 14.9. The fraction of sp³-hybridized carbons (Fsp3) is 0.111. The Labute approximate surface area is 152 Å². The summed E-state index contributed by atoms with van der Waals surface area (Å²) in [6.45, 7) is 2.00. The number of carbonyl (C=O) groups is 1. The number of carbonyl (C=O) groups excluding carboxylic acids is 1. The Morgan fingerprint density at radius 3 is 2.85 bits per heavy atom. The number of hydrogen-bond acceptors (Lipinski definition) is 5. The van der Waals surface area contributed by atoms with E-state index in [0.717, 1.165) is 32.5 Å². The number of aromatic nitrogens is 4. The third kappa shape index (κ3) is 2.80. The van der Waals surface area contributed by atoms with Gasteiger partial charge in [-0.1, -0.05) is 18.2 Å². The smallest absolute Gasteiger partial charge is 0.277 e. The van der Waals surface area contributed by atoms with E-state index in [1.165, 1.54) is 30.5 Å². The number of fused-ring (bicyclic) bond motifs is 1. The SMILES string of the molecule is Cc1[nH]c2ccccc2c1-c1csc(NC(=O)c2ccc(=O)n(C)n2)n1. The van der Waals surface area contributed by atoms with Gasteiger partial charge in [-0.3, -0.25) is 14.9 Å². The number of anilines is 1. The molecule has 0 saturated heterocycles. The van der Waals surface area contributed by atoms with Crippen LogP contribution in [0.4, 0.5) is 5.13 Å². The molecule has 26 heavy (non-hydrogen) atoms. The largest absolute Gasteiger partial charge is 0.358 e. The van der Waals surface area contributed by atoms with Crippen molar-refractivity contribution in [2.45, 2.75) is 6.92 Å². The van der Waals surface area contributed by atoms with Crippen LogP contribution >= 0.6 is 11.3 Å². The molecule has 130 valence electrons. The van der Waals surface area contributed by atoms with Gasteiger partial charge in [-0.15, -0.1) is 11.3 Å². The number of rotatable bonds is 3. The molecule has 4 rings (SSSR count). The second kappa shape index (κ2) is 6.23. The van der Waals surface area contributed by atoms with E-state index in [2.05, 4.69) is 20.4 Å². The van der Waals surface area contributed by atoms with E-state index >= 15 is 0 Å².